The van der Waals surface area contributed by atoms with Crippen molar-refractivity contribution >= 4 is 17.6 Å². The summed E-state index contributed by atoms with van der Waals surface area (Å²) in [6, 6.07) is 9.54. The number of benzene rings is 1. The van der Waals surface area contributed by atoms with Gasteiger partial charge in [0.25, 0.3) is 0 Å². The zero-order valence-electron chi connectivity index (χ0n) is 14.2. The van der Waals surface area contributed by atoms with Crippen LogP contribution < -0.4 is 10.6 Å². The Balaban J connectivity index is 1.59. The van der Waals surface area contributed by atoms with Crippen molar-refractivity contribution in [3.63, 3.8) is 0 Å². The van der Waals surface area contributed by atoms with Crippen molar-refractivity contribution in [2.24, 2.45) is 5.92 Å². The molecule has 2 N–H and O–H groups in total. The molecule has 1 aromatic carbocycles. The summed E-state index contributed by atoms with van der Waals surface area (Å²) in [5.74, 6) is 0.113. The summed E-state index contributed by atoms with van der Waals surface area (Å²) in [7, 11) is 0. The van der Waals surface area contributed by atoms with E-state index in [0.29, 0.717) is 13.1 Å². The highest BCUT2D eigenvalue weighted by molar-refractivity contribution is 5.90. The number of hydrogen-bond acceptors (Lipinski definition) is 3. The molecule has 0 spiro atoms. The summed E-state index contributed by atoms with van der Waals surface area (Å²) < 4.78 is 0. The molecular weight excluding hydrogens is 304 g/mol. The van der Waals surface area contributed by atoms with Crippen molar-refractivity contribution in [3.05, 3.63) is 30.3 Å². The van der Waals surface area contributed by atoms with Crippen LogP contribution in [-0.4, -0.2) is 60.5 Å². The number of nitrogens with one attached hydrogen (secondary N) is 2. The van der Waals surface area contributed by atoms with Crippen molar-refractivity contribution in [2.45, 2.75) is 25.8 Å². The topological polar surface area (TPSA) is 64.7 Å². The Hall–Kier alpha value is -2.08. The first-order valence-corrected chi connectivity index (χ1v) is 8.77. The fourth-order valence-electron chi connectivity index (χ4n) is 3.49. The number of carbonyl (C=O) groups excluding carboxylic acids is 2. The maximum Gasteiger partial charge on any atom is 0.321 e. The molecule has 3 rings (SSSR count). The molecule has 0 saturated carbocycles. The number of piperazine rings is 1. The van der Waals surface area contributed by atoms with Gasteiger partial charge < -0.3 is 20.4 Å². The number of nitrogens with zero attached hydrogens (tertiary/aromatic N) is 2. The SMILES string of the molecule is CC1CNCCN1C(=O)C1CCCN(C(=O)Nc2ccccc2)C1. The maximum absolute atomic E-state index is 12.8. The standard InChI is InChI=1S/C18H26N4O2/c1-14-12-19-9-11-22(14)17(23)15-6-5-10-21(13-15)18(24)20-16-7-3-2-4-8-16/h2-4,7-8,14-15,19H,5-6,9-13H2,1H3,(H,20,24). The normalized spacial score (nSPS) is 24.5. The van der Waals surface area contributed by atoms with Crippen molar-refractivity contribution in [1.29, 1.82) is 0 Å². The van der Waals surface area contributed by atoms with E-state index >= 15 is 0 Å². The average Bonchev–Trinajstić information content (AvgIpc) is 2.62. The lowest BCUT2D eigenvalue weighted by Crippen LogP contribution is -2.56. The summed E-state index contributed by atoms with van der Waals surface area (Å²) in [6.07, 6.45) is 1.74. The molecule has 0 bridgehead atoms. The fraction of sp³-hybridized carbons (Fsp3) is 0.556. The molecule has 0 radical (unpaired) electrons. The van der Waals surface area contributed by atoms with Crippen LogP contribution in [0.1, 0.15) is 19.8 Å². The summed E-state index contributed by atoms with van der Waals surface area (Å²) >= 11 is 0. The van der Waals surface area contributed by atoms with E-state index < -0.39 is 0 Å². The van der Waals surface area contributed by atoms with Crippen LogP contribution in [0.4, 0.5) is 10.5 Å². The van der Waals surface area contributed by atoms with Crippen LogP contribution in [-0.2, 0) is 4.79 Å². The summed E-state index contributed by atoms with van der Waals surface area (Å²) in [6.45, 7) is 5.74. The van der Waals surface area contributed by atoms with Crippen LogP contribution in [0.25, 0.3) is 0 Å². The van der Waals surface area contributed by atoms with Gasteiger partial charge in [-0.2, -0.15) is 0 Å². The Labute approximate surface area is 143 Å². The second-order valence-corrected chi connectivity index (χ2v) is 6.67. The van der Waals surface area contributed by atoms with E-state index in [0.717, 1.165) is 38.2 Å². The van der Waals surface area contributed by atoms with Gasteiger partial charge in [-0.05, 0) is 31.9 Å². The number of carbonyl (C=O) groups is 2. The zero-order valence-corrected chi connectivity index (χ0v) is 14.2. The molecule has 2 fully saturated rings. The van der Waals surface area contributed by atoms with E-state index in [-0.39, 0.29) is 23.9 Å². The van der Waals surface area contributed by atoms with E-state index in [1.54, 1.807) is 4.90 Å². The van der Waals surface area contributed by atoms with E-state index in [9.17, 15) is 9.59 Å². The highest BCUT2D eigenvalue weighted by Crippen LogP contribution is 2.21. The number of anilines is 1. The summed E-state index contributed by atoms with van der Waals surface area (Å²) in [4.78, 5) is 29.0. The van der Waals surface area contributed by atoms with Gasteiger partial charge in [0.05, 0.1) is 5.92 Å². The number of likely N-dealkylation sites (tertiary alicyclic amines) is 1. The third-order valence-corrected chi connectivity index (χ3v) is 4.87. The van der Waals surface area contributed by atoms with Gasteiger partial charge in [-0.3, -0.25) is 4.79 Å². The molecular formula is C18H26N4O2. The Morgan fingerprint density at radius 1 is 1.21 bits per heavy atom. The van der Waals surface area contributed by atoms with Gasteiger partial charge in [-0.1, -0.05) is 18.2 Å². The van der Waals surface area contributed by atoms with E-state index in [1.807, 2.05) is 35.2 Å². The Morgan fingerprint density at radius 3 is 2.75 bits per heavy atom. The van der Waals surface area contributed by atoms with Gasteiger partial charge in [0, 0.05) is 44.5 Å². The first kappa shape index (κ1) is 16.8. The Morgan fingerprint density at radius 2 is 2.00 bits per heavy atom. The molecule has 2 aliphatic heterocycles. The molecule has 1 aromatic rings. The van der Waals surface area contributed by atoms with Gasteiger partial charge >= 0.3 is 6.03 Å². The van der Waals surface area contributed by atoms with Crippen LogP contribution in [0.2, 0.25) is 0 Å². The van der Waals surface area contributed by atoms with Crippen LogP contribution in [0, 0.1) is 5.92 Å². The van der Waals surface area contributed by atoms with Gasteiger partial charge in [0.2, 0.25) is 5.91 Å². The van der Waals surface area contributed by atoms with Gasteiger partial charge in [0.1, 0.15) is 0 Å². The summed E-state index contributed by atoms with van der Waals surface area (Å²) in [5, 5.41) is 6.22. The van der Waals surface area contributed by atoms with Gasteiger partial charge in [-0.25, -0.2) is 4.79 Å². The number of rotatable bonds is 2. The lowest BCUT2D eigenvalue weighted by Gasteiger charge is -2.39. The molecule has 2 heterocycles. The molecule has 3 amide bonds. The predicted octanol–water partition coefficient (Wildman–Crippen LogP) is 1.75. The van der Waals surface area contributed by atoms with Crippen molar-refractivity contribution in [3.8, 4) is 0 Å². The third kappa shape index (κ3) is 3.87. The van der Waals surface area contributed by atoms with Crippen molar-refractivity contribution in [1.82, 2.24) is 15.1 Å². The number of urea groups is 1. The van der Waals surface area contributed by atoms with Crippen LogP contribution in [0.5, 0.6) is 0 Å². The Bertz CT molecular complexity index is 578. The highest BCUT2D eigenvalue weighted by atomic mass is 16.2. The van der Waals surface area contributed by atoms with E-state index in [4.69, 9.17) is 0 Å². The van der Waals surface area contributed by atoms with Gasteiger partial charge in [0.15, 0.2) is 0 Å². The molecule has 24 heavy (non-hydrogen) atoms. The average molecular weight is 330 g/mol. The number of hydrogen-bond donors (Lipinski definition) is 2. The van der Waals surface area contributed by atoms with Gasteiger partial charge in [-0.15, -0.1) is 0 Å². The monoisotopic (exact) mass is 330 g/mol. The Kier molecular flexibility index (Phi) is 5.35. The van der Waals surface area contributed by atoms with Crippen LogP contribution >= 0.6 is 0 Å². The fourth-order valence-corrected chi connectivity index (χ4v) is 3.49. The quantitative estimate of drug-likeness (QED) is 0.868. The van der Waals surface area contributed by atoms with E-state index in [1.165, 1.54) is 0 Å². The lowest BCUT2D eigenvalue weighted by molar-refractivity contribution is -0.139. The first-order valence-electron chi connectivity index (χ1n) is 8.77. The second-order valence-electron chi connectivity index (χ2n) is 6.67. The molecule has 0 aliphatic carbocycles. The maximum atomic E-state index is 12.8. The highest BCUT2D eigenvalue weighted by Gasteiger charge is 2.33. The van der Waals surface area contributed by atoms with Crippen LogP contribution in [0.15, 0.2) is 30.3 Å². The summed E-state index contributed by atoms with van der Waals surface area (Å²) in [5.41, 5.74) is 0.784. The molecule has 2 atom stereocenters. The minimum Gasteiger partial charge on any atom is -0.337 e. The molecule has 2 unspecified atom stereocenters. The molecule has 2 saturated heterocycles. The number of amides is 3. The number of para-hydroxylation sites is 1. The molecule has 2 aliphatic rings. The second kappa shape index (κ2) is 7.66. The minimum atomic E-state index is -0.118. The largest absolute Gasteiger partial charge is 0.337 e. The minimum absolute atomic E-state index is 0.0826. The number of piperidine rings is 1. The van der Waals surface area contributed by atoms with Crippen molar-refractivity contribution < 1.29 is 9.59 Å². The third-order valence-electron chi connectivity index (χ3n) is 4.87. The predicted molar refractivity (Wildman–Crippen MR) is 93.8 cm³/mol. The molecule has 0 aromatic heterocycles. The molecule has 6 heteroatoms. The lowest BCUT2D eigenvalue weighted by atomic mass is 9.95. The van der Waals surface area contributed by atoms with Crippen molar-refractivity contribution in [2.75, 3.05) is 38.0 Å². The first-order chi connectivity index (χ1) is 11.6. The zero-order chi connectivity index (χ0) is 16.9. The van der Waals surface area contributed by atoms with Crippen LogP contribution in [0.3, 0.4) is 0 Å². The van der Waals surface area contributed by atoms with E-state index in [2.05, 4.69) is 17.6 Å². The molecule has 130 valence electrons. The smallest absolute Gasteiger partial charge is 0.321 e. The molecule has 6 nitrogen and oxygen atoms in total.